The van der Waals surface area contributed by atoms with Crippen LogP contribution < -0.4 is 5.46 Å². The summed E-state index contributed by atoms with van der Waals surface area (Å²) in [5, 5.41) is 44.3. The topological polar surface area (TPSA) is 50.3 Å². The van der Waals surface area contributed by atoms with Gasteiger partial charge in [-0.1, -0.05) is 307 Å². The fraction of sp³-hybridized carbons (Fsp3) is 0. The van der Waals surface area contributed by atoms with Crippen LogP contribution in [0.2, 0.25) is 0 Å². The Kier molecular flexibility index (Phi) is 14.6. The first-order valence-electron chi connectivity index (χ1n) is 33.3. The lowest BCUT2D eigenvalue weighted by atomic mass is 9.72. The molecular formula is C92H60BBrN2O2. The van der Waals surface area contributed by atoms with Gasteiger partial charge >= 0.3 is 7.12 Å². The van der Waals surface area contributed by atoms with Crippen molar-refractivity contribution in [3.63, 3.8) is 0 Å². The molecule has 460 valence electrons. The van der Waals surface area contributed by atoms with Crippen LogP contribution in [0.4, 0.5) is 0 Å². The molecule has 4 nitrogen and oxygen atoms in total. The number of nitrogens with zero attached hydrogens (tertiary/aromatic N) is 2. The first kappa shape index (κ1) is 58.7. The molecule has 18 aromatic carbocycles. The van der Waals surface area contributed by atoms with Gasteiger partial charge in [0.1, 0.15) is 0 Å². The average molecular weight is 1320 g/mol. The van der Waals surface area contributed by atoms with Gasteiger partial charge in [0.2, 0.25) is 0 Å². The lowest BCUT2D eigenvalue weighted by molar-refractivity contribution is 0.426. The van der Waals surface area contributed by atoms with Crippen molar-refractivity contribution < 1.29 is 10.0 Å². The third-order valence-corrected chi connectivity index (χ3v) is 20.4. The first-order valence-corrected chi connectivity index (χ1v) is 34.1. The van der Waals surface area contributed by atoms with E-state index in [-0.39, 0.29) is 0 Å². The number of aromatic nitrogens is 2. The second-order valence-electron chi connectivity index (χ2n) is 25.2. The fourth-order valence-corrected chi connectivity index (χ4v) is 16.0. The zero-order valence-electron chi connectivity index (χ0n) is 53.2. The Morgan fingerprint density at radius 3 is 0.745 bits per heavy atom. The average Bonchev–Trinajstić information content (AvgIpc) is 1.19. The van der Waals surface area contributed by atoms with Crippen LogP contribution in [0.15, 0.2) is 356 Å². The molecule has 0 aliphatic rings. The van der Waals surface area contributed by atoms with Gasteiger partial charge in [-0.15, -0.1) is 0 Å². The van der Waals surface area contributed by atoms with Crippen molar-refractivity contribution in [2.75, 3.05) is 0 Å². The summed E-state index contributed by atoms with van der Waals surface area (Å²) in [6.45, 7) is 0. The molecule has 0 atom stereocenters. The minimum atomic E-state index is -1.50. The van der Waals surface area contributed by atoms with Crippen molar-refractivity contribution in [1.29, 1.82) is 0 Å². The van der Waals surface area contributed by atoms with E-state index in [2.05, 4.69) is 310 Å². The standard InChI is InChI=1S/C46H29N.C26H16BrN.C20H15BO2/c1-2-14-32(15-3-1)43-37-18-8-10-20-39(37)44(40-21-11-9-19-38(40)43)33-22-26-34(27-23-33)47-41-28-24-30-12-4-6-16-35(30)45(41)46-36-17-7-5-13-31(36)25-29-42(46)47;27-19-11-13-20(14-12-19)28-23-15-9-17-5-1-3-7-21(17)25(23)26-22-8-4-2-6-18(22)10-16-24(26)28;22-21(23)20-17-12-6-4-10-15(17)19(14-8-2-1-3-9-14)16-11-5-7-13-18(16)20/h1-29H;1-16H;1-13,22-23H. The van der Waals surface area contributed by atoms with Crippen molar-refractivity contribution in [1.82, 2.24) is 9.13 Å². The highest BCUT2D eigenvalue weighted by Gasteiger charge is 2.24. The number of benzene rings is 18. The summed E-state index contributed by atoms with van der Waals surface area (Å²) in [6.07, 6.45) is 0. The van der Waals surface area contributed by atoms with Crippen LogP contribution >= 0.6 is 15.9 Å². The molecule has 0 saturated heterocycles. The molecule has 0 aliphatic heterocycles. The molecule has 0 unspecified atom stereocenters. The van der Waals surface area contributed by atoms with Crippen LogP contribution in [0.25, 0.3) is 175 Å². The molecule has 2 heterocycles. The molecule has 0 spiro atoms. The maximum absolute atomic E-state index is 9.94. The Hall–Kier alpha value is -11.9. The number of halogens is 1. The van der Waals surface area contributed by atoms with E-state index in [0.29, 0.717) is 5.46 Å². The molecule has 98 heavy (non-hydrogen) atoms. The van der Waals surface area contributed by atoms with Crippen LogP contribution in [0.1, 0.15) is 0 Å². The predicted octanol–water partition coefficient (Wildman–Crippen LogP) is 23.9. The minimum absolute atomic E-state index is 0.566. The van der Waals surface area contributed by atoms with Gasteiger partial charge in [-0.05, 0) is 186 Å². The molecule has 0 aliphatic carbocycles. The number of fused-ring (bicyclic) bond motifs is 18. The van der Waals surface area contributed by atoms with Crippen molar-refractivity contribution in [2.45, 2.75) is 0 Å². The smallest absolute Gasteiger partial charge is 0.423 e. The Morgan fingerprint density at radius 1 is 0.214 bits per heavy atom. The Bertz CT molecular complexity index is 6220. The monoisotopic (exact) mass is 1310 g/mol. The maximum Gasteiger partial charge on any atom is 0.489 e. The predicted molar refractivity (Wildman–Crippen MR) is 422 cm³/mol. The zero-order valence-corrected chi connectivity index (χ0v) is 54.8. The van der Waals surface area contributed by atoms with E-state index in [0.717, 1.165) is 42.8 Å². The second-order valence-corrected chi connectivity index (χ2v) is 26.2. The van der Waals surface area contributed by atoms with Crippen molar-refractivity contribution >= 4 is 158 Å². The van der Waals surface area contributed by atoms with E-state index in [4.69, 9.17) is 0 Å². The lowest BCUT2D eigenvalue weighted by Gasteiger charge is -2.18. The molecule has 6 heteroatoms. The molecule has 20 aromatic rings. The minimum Gasteiger partial charge on any atom is -0.423 e. The van der Waals surface area contributed by atoms with Gasteiger partial charge in [0.05, 0.1) is 22.1 Å². The lowest BCUT2D eigenvalue weighted by Crippen LogP contribution is -2.31. The van der Waals surface area contributed by atoms with Gasteiger partial charge in [0, 0.05) is 37.4 Å². The van der Waals surface area contributed by atoms with Gasteiger partial charge in [0.15, 0.2) is 0 Å². The number of hydrogen-bond acceptors (Lipinski definition) is 2. The zero-order chi connectivity index (χ0) is 65.4. The summed E-state index contributed by atoms with van der Waals surface area (Å²) in [4.78, 5) is 0. The molecule has 0 fully saturated rings. The normalized spacial score (nSPS) is 11.6. The van der Waals surface area contributed by atoms with Gasteiger partial charge in [0.25, 0.3) is 0 Å². The van der Waals surface area contributed by atoms with E-state index in [1.165, 1.54) is 136 Å². The fourth-order valence-electron chi connectivity index (χ4n) is 15.7. The molecule has 0 saturated carbocycles. The quantitative estimate of drug-likeness (QED) is 0.129. The second kappa shape index (κ2) is 24.4. The van der Waals surface area contributed by atoms with Crippen LogP contribution in [0.5, 0.6) is 0 Å². The first-order chi connectivity index (χ1) is 48.4. The molecule has 2 N–H and O–H groups in total. The van der Waals surface area contributed by atoms with Gasteiger partial charge in [-0.3, -0.25) is 0 Å². The van der Waals surface area contributed by atoms with Crippen molar-refractivity contribution in [3.8, 4) is 44.8 Å². The molecule has 0 amide bonds. The summed E-state index contributed by atoms with van der Waals surface area (Å²) < 4.78 is 5.92. The largest absolute Gasteiger partial charge is 0.489 e. The van der Waals surface area contributed by atoms with Crippen LogP contribution in [-0.2, 0) is 0 Å². The van der Waals surface area contributed by atoms with E-state index in [9.17, 15) is 10.0 Å². The van der Waals surface area contributed by atoms with Crippen LogP contribution in [-0.4, -0.2) is 26.3 Å². The summed E-state index contributed by atoms with van der Waals surface area (Å²) in [5.41, 5.74) is 15.1. The van der Waals surface area contributed by atoms with Crippen LogP contribution in [0, 0.1) is 0 Å². The number of hydrogen-bond donors (Lipinski definition) is 2. The third kappa shape index (κ3) is 9.75. The van der Waals surface area contributed by atoms with Crippen molar-refractivity contribution in [3.05, 3.63) is 356 Å². The SMILES string of the molecule is Brc1ccc(-n2c3ccc4ccccc4c3c3c4ccccc4ccc32)cc1.OB(O)c1c2ccccc2c(-c2ccccc2)c2ccccc12.c1ccc(-c2c3ccccc3c(-c3ccc(-n4c5ccc6ccccc6c5c5c6ccccc6ccc54)cc3)c3ccccc23)cc1. The summed E-state index contributed by atoms with van der Waals surface area (Å²) >= 11 is 3.56. The highest BCUT2D eigenvalue weighted by atomic mass is 79.9. The molecule has 0 radical (unpaired) electrons. The summed E-state index contributed by atoms with van der Waals surface area (Å²) in [7, 11) is -1.50. The Balaban J connectivity index is 0.000000116. The van der Waals surface area contributed by atoms with Gasteiger partial charge in [-0.2, -0.15) is 0 Å². The van der Waals surface area contributed by atoms with E-state index in [1.54, 1.807) is 0 Å². The van der Waals surface area contributed by atoms with Crippen LogP contribution in [0.3, 0.4) is 0 Å². The summed E-state index contributed by atoms with van der Waals surface area (Å²) in [6, 6.07) is 125. The van der Waals surface area contributed by atoms with E-state index < -0.39 is 7.12 Å². The molecular weight excluding hydrogens is 1260 g/mol. The molecule has 2 aromatic heterocycles. The Labute approximate surface area is 574 Å². The Morgan fingerprint density at radius 2 is 0.449 bits per heavy atom. The third-order valence-electron chi connectivity index (χ3n) is 19.9. The van der Waals surface area contributed by atoms with Gasteiger partial charge in [-0.25, -0.2) is 0 Å². The highest BCUT2D eigenvalue weighted by molar-refractivity contribution is 9.10. The molecule has 20 rings (SSSR count). The van der Waals surface area contributed by atoms with Crippen molar-refractivity contribution in [2.24, 2.45) is 0 Å². The van der Waals surface area contributed by atoms with E-state index in [1.807, 2.05) is 66.7 Å². The summed E-state index contributed by atoms with van der Waals surface area (Å²) in [5.74, 6) is 0. The number of rotatable bonds is 6. The van der Waals surface area contributed by atoms with E-state index >= 15 is 0 Å². The van der Waals surface area contributed by atoms with Gasteiger partial charge < -0.3 is 19.2 Å². The maximum atomic E-state index is 9.94. The highest BCUT2D eigenvalue weighted by Crippen LogP contribution is 2.47. The molecule has 0 bridgehead atoms.